The molecule has 0 spiro atoms. The molecule has 1 heterocycles. The summed E-state index contributed by atoms with van der Waals surface area (Å²) >= 11 is 0. The minimum Gasteiger partial charge on any atom is -0.491 e. The summed E-state index contributed by atoms with van der Waals surface area (Å²) < 4.78 is 12.1. The third-order valence-electron chi connectivity index (χ3n) is 3.96. The van der Waals surface area contributed by atoms with E-state index in [0.717, 1.165) is 12.3 Å². The summed E-state index contributed by atoms with van der Waals surface area (Å²) in [5.41, 5.74) is 1.21. The maximum atomic E-state index is 6.24. The molecule has 1 fully saturated rings. The SMILES string of the molecule is CC(C)N1CC(COc2ccccc2)OC1c1ccccc1. The quantitative estimate of drug-likeness (QED) is 0.836. The van der Waals surface area contributed by atoms with Crippen LogP contribution in [0.1, 0.15) is 25.6 Å². The summed E-state index contributed by atoms with van der Waals surface area (Å²) in [6.45, 7) is 5.89. The zero-order valence-electron chi connectivity index (χ0n) is 13.2. The first-order valence-corrected chi connectivity index (χ1v) is 7.88. The van der Waals surface area contributed by atoms with E-state index >= 15 is 0 Å². The van der Waals surface area contributed by atoms with E-state index in [-0.39, 0.29) is 12.3 Å². The molecule has 0 amide bonds. The van der Waals surface area contributed by atoms with Crippen molar-refractivity contribution in [3.05, 3.63) is 66.2 Å². The largest absolute Gasteiger partial charge is 0.491 e. The minimum absolute atomic E-state index is 0.0190. The Balaban J connectivity index is 1.66. The Morgan fingerprint density at radius 3 is 2.32 bits per heavy atom. The average molecular weight is 297 g/mol. The highest BCUT2D eigenvalue weighted by molar-refractivity contribution is 5.21. The van der Waals surface area contributed by atoms with Gasteiger partial charge in [0.05, 0.1) is 0 Å². The van der Waals surface area contributed by atoms with Crippen LogP contribution >= 0.6 is 0 Å². The molecule has 2 aromatic carbocycles. The van der Waals surface area contributed by atoms with Crippen molar-refractivity contribution in [1.82, 2.24) is 4.90 Å². The Kier molecular flexibility index (Phi) is 4.76. The Hall–Kier alpha value is -1.84. The molecule has 0 radical (unpaired) electrons. The van der Waals surface area contributed by atoms with Crippen molar-refractivity contribution in [2.45, 2.75) is 32.2 Å². The van der Waals surface area contributed by atoms with Gasteiger partial charge in [-0.05, 0) is 31.5 Å². The second-order valence-electron chi connectivity index (χ2n) is 5.94. The Morgan fingerprint density at radius 2 is 1.68 bits per heavy atom. The first kappa shape index (κ1) is 15.1. The minimum atomic E-state index is 0.0190. The molecule has 2 unspecified atom stereocenters. The van der Waals surface area contributed by atoms with Gasteiger partial charge in [-0.25, -0.2) is 0 Å². The monoisotopic (exact) mass is 297 g/mol. The van der Waals surface area contributed by atoms with Gasteiger partial charge >= 0.3 is 0 Å². The molecule has 1 aliphatic rings. The lowest BCUT2D eigenvalue weighted by molar-refractivity contribution is -0.0234. The van der Waals surface area contributed by atoms with Gasteiger partial charge < -0.3 is 9.47 Å². The van der Waals surface area contributed by atoms with Crippen LogP contribution < -0.4 is 4.74 Å². The number of para-hydroxylation sites is 1. The van der Waals surface area contributed by atoms with E-state index in [0.29, 0.717) is 12.6 Å². The number of hydrogen-bond donors (Lipinski definition) is 0. The molecule has 0 bridgehead atoms. The summed E-state index contributed by atoms with van der Waals surface area (Å²) in [5.74, 6) is 0.894. The first-order valence-electron chi connectivity index (χ1n) is 7.88. The molecule has 0 N–H and O–H groups in total. The van der Waals surface area contributed by atoms with Crippen molar-refractivity contribution >= 4 is 0 Å². The van der Waals surface area contributed by atoms with Gasteiger partial charge in [0, 0.05) is 12.6 Å². The van der Waals surface area contributed by atoms with Crippen molar-refractivity contribution in [3.63, 3.8) is 0 Å². The molecular weight excluding hydrogens is 274 g/mol. The van der Waals surface area contributed by atoms with Crippen LogP contribution in [0.3, 0.4) is 0 Å². The van der Waals surface area contributed by atoms with E-state index in [4.69, 9.17) is 9.47 Å². The van der Waals surface area contributed by atoms with Gasteiger partial charge in [0.2, 0.25) is 0 Å². The van der Waals surface area contributed by atoms with Crippen LogP contribution in [-0.4, -0.2) is 30.2 Å². The fourth-order valence-electron chi connectivity index (χ4n) is 2.80. The standard InChI is InChI=1S/C19H23NO2/c1-15(2)20-13-18(14-21-17-11-7-4-8-12-17)22-19(20)16-9-5-3-6-10-16/h3-12,15,18-19H,13-14H2,1-2H3. The van der Waals surface area contributed by atoms with Crippen molar-refractivity contribution in [3.8, 4) is 5.75 Å². The molecule has 3 heteroatoms. The fourth-order valence-corrected chi connectivity index (χ4v) is 2.80. The van der Waals surface area contributed by atoms with Gasteiger partial charge in [0.25, 0.3) is 0 Å². The van der Waals surface area contributed by atoms with Crippen LogP contribution in [0, 0.1) is 0 Å². The molecule has 3 nitrogen and oxygen atoms in total. The van der Waals surface area contributed by atoms with Gasteiger partial charge in [-0.3, -0.25) is 4.90 Å². The van der Waals surface area contributed by atoms with Gasteiger partial charge in [0.1, 0.15) is 24.7 Å². The number of nitrogens with zero attached hydrogens (tertiary/aromatic N) is 1. The van der Waals surface area contributed by atoms with Gasteiger partial charge in [-0.15, -0.1) is 0 Å². The number of hydrogen-bond acceptors (Lipinski definition) is 3. The fraction of sp³-hybridized carbons (Fsp3) is 0.368. The van der Waals surface area contributed by atoms with E-state index in [2.05, 4.69) is 43.0 Å². The zero-order valence-corrected chi connectivity index (χ0v) is 13.2. The van der Waals surface area contributed by atoms with E-state index < -0.39 is 0 Å². The first-order chi connectivity index (χ1) is 10.7. The summed E-state index contributed by atoms with van der Waals surface area (Å²) in [6, 6.07) is 20.8. The Labute approximate surface area is 132 Å². The maximum absolute atomic E-state index is 6.24. The molecule has 1 aliphatic heterocycles. The number of rotatable bonds is 5. The smallest absolute Gasteiger partial charge is 0.137 e. The van der Waals surface area contributed by atoms with Gasteiger partial charge in [-0.2, -0.15) is 0 Å². The van der Waals surface area contributed by atoms with Gasteiger partial charge in [0.15, 0.2) is 0 Å². The normalized spacial score (nSPS) is 22.1. The van der Waals surface area contributed by atoms with E-state index in [1.54, 1.807) is 0 Å². The molecular formula is C19H23NO2. The predicted octanol–water partition coefficient (Wildman–Crippen LogP) is 3.87. The average Bonchev–Trinajstić information content (AvgIpc) is 2.99. The van der Waals surface area contributed by atoms with Gasteiger partial charge in [-0.1, -0.05) is 48.5 Å². The molecule has 1 saturated heterocycles. The molecule has 0 saturated carbocycles. The molecule has 0 aromatic heterocycles. The third kappa shape index (κ3) is 3.49. The van der Waals surface area contributed by atoms with Crippen molar-refractivity contribution < 1.29 is 9.47 Å². The lowest BCUT2D eigenvalue weighted by atomic mass is 10.1. The zero-order chi connectivity index (χ0) is 15.4. The van der Waals surface area contributed by atoms with Crippen LogP contribution in [0.25, 0.3) is 0 Å². The lowest BCUT2D eigenvalue weighted by Crippen LogP contribution is -2.32. The highest BCUT2D eigenvalue weighted by Gasteiger charge is 2.35. The molecule has 0 aliphatic carbocycles. The third-order valence-corrected chi connectivity index (χ3v) is 3.96. The van der Waals surface area contributed by atoms with Crippen molar-refractivity contribution in [2.75, 3.05) is 13.2 Å². The summed E-state index contributed by atoms with van der Waals surface area (Å²) in [6.07, 6.45) is 0.110. The summed E-state index contributed by atoms with van der Waals surface area (Å²) in [5, 5.41) is 0. The van der Waals surface area contributed by atoms with Crippen LogP contribution in [0.2, 0.25) is 0 Å². The molecule has 22 heavy (non-hydrogen) atoms. The topological polar surface area (TPSA) is 21.7 Å². The second-order valence-corrected chi connectivity index (χ2v) is 5.94. The summed E-state index contributed by atoms with van der Waals surface area (Å²) in [7, 11) is 0. The lowest BCUT2D eigenvalue weighted by Gasteiger charge is -2.26. The van der Waals surface area contributed by atoms with E-state index in [9.17, 15) is 0 Å². The Morgan fingerprint density at radius 1 is 1.05 bits per heavy atom. The van der Waals surface area contributed by atoms with Crippen LogP contribution in [0.15, 0.2) is 60.7 Å². The molecule has 2 atom stereocenters. The van der Waals surface area contributed by atoms with Crippen molar-refractivity contribution in [1.29, 1.82) is 0 Å². The van der Waals surface area contributed by atoms with Crippen LogP contribution in [0.4, 0.5) is 0 Å². The molecule has 116 valence electrons. The van der Waals surface area contributed by atoms with E-state index in [1.807, 2.05) is 36.4 Å². The van der Waals surface area contributed by atoms with Crippen LogP contribution in [-0.2, 0) is 4.74 Å². The molecule has 2 aromatic rings. The highest BCUT2D eigenvalue weighted by atomic mass is 16.6. The Bertz CT molecular complexity index is 571. The number of benzene rings is 2. The summed E-state index contributed by atoms with van der Waals surface area (Å²) in [4.78, 5) is 2.38. The van der Waals surface area contributed by atoms with Crippen LogP contribution in [0.5, 0.6) is 5.75 Å². The van der Waals surface area contributed by atoms with Crippen molar-refractivity contribution in [2.24, 2.45) is 0 Å². The highest BCUT2D eigenvalue weighted by Crippen LogP contribution is 2.32. The maximum Gasteiger partial charge on any atom is 0.137 e. The predicted molar refractivity (Wildman–Crippen MR) is 87.8 cm³/mol. The molecule has 3 rings (SSSR count). The number of ether oxygens (including phenoxy) is 2. The second kappa shape index (κ2) is 6.95. The van der Waals surface area contributed by atoms with E-state index in [1.165, 1.54) is 5.56 Å².